The summed E-state index contributed by atoms with van der Waals surface area (Å²) in [6, 6.07) is 15.6. The zero-order chi connectivity index (χ0) is 15.8. The highest BCUT2D eigenvalue weighted by Gasteiger charge is 2.27. The van der Waals surface area contributed by atoms with Crippen molar-refractivity contribution in [2.24, 2.45) is 5.92 Å². The number of fused-ring (bicyclic) bond motifs is 3. The van der Waals surface area contributed by atoms with Crippen molar-refractivity contribution in [2.45, 2.75) is 19.3 Å². The predicted molar refractivity (Wildman–Crippen MR) is 93.9 cm³/mol. The molecule has 0 saturated heterocycles. The Morgan fingerprint density at radius 2 is 2.04 bits per heavy atom. The first-order chi connectivity index (χ1) is 11.2. The largest absolute Gasteiger partial charge is 0.358 e. The van der Waals surface area contributed by atoms with Gasteiger partial charge in [0.15, 0.2) is 0 Å². The van der Waals surface area contributed by atoms with E-state index < -0.39 is 0 Å². The maximum absolute atomic E-state index is 12.6. The van der Waals surface area contributed by atoms with Crippen LogP contribution in [0.4, 0.5) is 5.69 Å². The van der Waals surface area contributed by atoms with Gasteiger partial charge >= 0.3 is 0 Å². The van der Waals surface area contributed by atoms with Gasteiger partial charge in [-0.1, -0.05) is 35.9 Å². The molecule has 1 aromatic heterocycles. The minimum atomic E-state index is 0.000637. The quantitative estimate of drug-likeness (QED) is 0.713. The second-order valence-electron chi connectivity index (χ2n) is 6.07. The zero-order valence-electron chi connectivity index (χ0n) is 12.6. The van der Waals surface area contributed by atoms with Crippen molar-refractivity contribution in [1.29, 1.82) is 0 Å². The lowest BCUT2D eigenvalue weighted by molar-refractivity contribution is -0.120. The molecule has 1 heterocycles. The van der Waals surface area contributed by atoms with E-state index in [2.05, 4.69) is 22.4 Å². The summed E-state index contributed by atoms with van der Waals surface area (Å²) in [7, 11) is 0. The summed E-state index contributed by atoms with van der Waals surface area (Å²) < 4.78 is 0. The highest BCUT2D eigenvalue weighted by Crippen LogP contribution is 2.32. The maximum atomic E-state index is 12.6. The van der Waals surface area contributed by atoms with E-state index in [0.29, 0.717) is 5.02 Å². The van der Waals surface area contributed by atoms with Gasteiger partial charge in [0.05, 0.1) is 0 Å². The molecule has 0 bridgehead atoms. The molecule has 1 unspecified atom stereocenters. The fourth-order valence-electron chi connectivity index (χ4n) is 3.40. The van der Waals surface area contributed by atoms with Crippen molar-refractivity contribution >= 4 is 34.1 Å². The average Bonchev–Trinajstić information content (AvgIpc) is 2.92. The smallest absolute Gasteiger partial charge is 0.227 e. The van der Waals surface area contributed by atoms with Crippen LogP contribution in [-0.4, -0.2) is 10.9 Å². The van der Waals surface area contributed by atoms with Crippen LogP contribution in [0, 0.1) is 5.92 Å². The number of aryl methyl sites for hydroxylation is 1. The molecule has 0 fully saturated rings. The van der Waals surface area contributed by atoms with Gasteiger partial charge in [0.2, 0.25) is 5.91 Å². The first kappa shape index (κ1) is 14.3. The molecule has 1 atom stereocenters. The van der Waals surface area contributed by atoms with E-state index in [1.807, 2.05) is 24.3 Å². The number of aromatic nitrogens is 1. The number of aromatic amines is 1. The molecule has 4 heteroatoms. The molecular formula is C19H17ClN2O. The van der Waals surface area contributed by atoms with Crippen molar-refractivity contribution in [3.8, 4) is 0 Å². The summed E-state index contributed by atoms with van der Waals surface area (Å²) in [5.74, 6) is 0.0730. The molecular weight excluding hydrogens is 308 g/mol. The highest BCUT2D eigenvalue weighted by molar-refractivity contribution is 6.30. The third-order valence-corrected chi connectivity index (χ3v) is 4.79. The van der Waals surface area contributed by atoms with Crippen LogP contribution in [0.1, 0.15) is 17.7 Å². The summed E-state index contributed by atoms with van der Waals surface area (Å²) in [6.45, 7) is 0. The Kier molecular flexibility index (Phi) is 3.58. The molecule has 1 aliphatic rings. The first-order valence-corrected chi connectivity index (χ1v) is 8.23. The molecule has 1 aliphatic carbocycles. The van der Waals surface area contributed by atoms with Gasteiger partial charge in [0.25, 0.3) is 0 Å². The van der Waals surface area contributed by atoms with Gasteiger partial charge < -0.3 is 10.3 Å². The molecule has 116 valence electrons. The monoisotopic (exact) mass is 324 g/mol. The van der Waals surface area contributed by atoms with Crippen molar-refractivity contribution in [3.05, 3.63) is 64.8 Å². The summed E-state index contributed by atoms with van der Waals surface area (Å²) in [4.78, 5) is 16.1. The Balaban J connectivity index is 1.56. The molecule has 0 aliphatic heterocycles. The topological polar surface area (TPSA) is 44.9 Å². The molecule has 2 N–H and O–H groups in total. The number of hydrogen-bond acceptors (Lipinski definition) is 1. The minimum absolute atomic E-state index is 0.000637. The Morgan fingerprint density at radius 3 is 2.91 bits per heavy atom. The molecule has 3 aromatic rings. The number of para-hydroxylation sites is 1. The van der Waals surface area contributed by atoms with E-state index >= 15 is 0 Å². The minimum Gasteiger partial charge on any atom is -0.358 e. The van der Waals surface area contributed by atoms with Crippen molar-refractivity contribution in [2.75, 3.05) is 5.32 Å². The Morgan fingerprint density at radius 1 is 1.17 bits per heavy atom. The molecule has 23 heavy (non-hydrogen) atoms. The van der Waals surface area contributed by atoms with Gasteiger partial charge in [-0.3, -0.25) is 4.79 Å². The molecule has 2 aromatic carbocycles. The standard InChI is InChI=1S/C19H17ClN2O/c20-13-4-3-5-14(11-13)21-19(23)12-8-9-18-16(10-12)15-6-1-2-7-17(15)22-18/h1-7,11-12,22H,8-10H2,(H,21,23). The van der Waals surface area contributed by atoms with Crippen LogP contribution in [0.15, 0.2) is 48.5 Å². The van der Waals surface area contributed by atoms with Crippen LogP contribution in [0.3, 0.4) is 0 Å². The van der Waals surface area contributed by atoms with Crippen molar-refractivity contribution in [1.82, 2.24) is 4.98 Å². The summed E-state index contributed by atoms with van der Waals surface area (Å²) in [5.41, 5.74) is 4.48. The van der Waals surface area contributed by atoms with Gasteiger partial charge in [-0.15, -0.1) is 0 Å². The number of nitrogens with one attached hydrogen (secondary N) is 2. The first-order valence-electron chi connectivity index (χ1n) is 7.85. The Bertz CT molecular complexity index is 884. The maximum Gasteiger partial charge on any atom is 0.227 e. The Hall–Kier alpha value is -2.26. The van der Waals surface area contributed by atoms with E-state index in [1.54, 1.807) is 12.1 Å². The summed E-state index contributed by atoms with van der Waals surface area (Å²) in [6.07, 6.45) is 2.57. The van der Waals surface area contributed by atoms with E-state index in [0.717, 1.165) is 30.5 Å². The molecule has 0 radical (unpaired) electrons. The zero-order valence-corrected chi connectivity index (χ0v) is 13.4. The normalized spacial score (nSPS) is 17.0. The highest BCUT2D eigenvalue weighted by atomic mass is 35.5. The number of anilines is 1. The van der Waals surface area contributed by atoms with Crippen molar-refractivity contribution < 1.29 is 4.79 Å². The number of benzene rings is 2. The van der Waals surface area contributed by atoms with Crippen molar-refractivity contribution in [3.63, 3.8) is 0 Å². The molecule has 3 nitrogen and oxygen atoms in total. The number of rotatable bonds is 2. The van der Waals surface area contributed by atoms with Gasteiger partial charge in [-0.05, 0) is 49.1 Å². The van der Waals surface area contributed by atoms with Crippen LogP contribution in [-0.2, 0) is 17.6 Å². The SMILES string of the molecule is O=C(Nc1cccc(Cl)c1)C1CCc2[nH]c3ccccc3c2C1. The number of halogens is 1. The Labute approximate surface area is 139 Å². The van der Waals surface area contributed by atoms with Crippen LogP contribution in [0.5, 0.6) is 0 Å². The van der Waals surface area contributed by atoms with Gasteiger partial charge in [-0.25, -0.2) is 0 Å². The molecule has 0 spiro atoms. The number of carbonyl (C=O) groups excluding carboxylic acids is 1. The third-order valence-electron chi connectivity index (χ3n) is 4.56. The lowest BCUT2D eigenvalue weighted by Gasteiger charge is -2.22. The number of amides is 1. The van der Waals surface area contributed by atoms with Crippen LogP contribution < -0.4 is 5.32 Å². The van der Waals surface area contributed by atoms with E-state index in [-0.39, 0.29) is 11.8 Å². The number of carbonyl (C=O) groups is 1. The number of H-pyrrole nitrogens is 1. The van der Waals surface area contributed by atoms with E-state index in [1.165, 1.54) is 16.6 Å². The molecule has 4 rings (SSSR count). The second kappa shape index (κ2) is 5.74. The lowest BCUT2D eigenvalue weighted by Crippen LogP contribution is -2.28. The van der Waals surface area contributed by atoms with Crippen LogP contribution in [0.2, 0.25) is 5.02 Å². The predicted octanol–water partition coefficient (Wildman–Crippen LogP) is 4.56. The van der Waals surface area contributed by atoms with Gasteiger partial charge in [0, 0.05) is 33.2 Å². The number of hydrogen-bond donors (Lipinski definition) is 2. The van der Waals surface area contributed by atoms with Gasteiger partial charge in [-0.2, -0.15) is 0 Å². The summed E-state index contributed by atoms with van der Waals surface area (Å²) >= 11 is 5.98. The summed E-state index contributed by atoms with van der Waals surface area (Å²) in [5, 5.41) is 4.86. The third kappa shape index (κ3) is 2.73. The fourth-order valence-corrected chi connectivity index (χ4v) is 3.59. The lowest BCUT2D eigenvalue weighted by atomic mass is 9.86. The van der Waals surface area contributed by atoms with Gasteiger partial charge in [0.1, 0.15) is 0 Å². The van der Waals surface area contributed by atoms with Crippen LogP contribution >= 0.6 is 11.6 Å². The van der Waals surface area contributed by atoms with E-state index in [9.17, 15) is 4.79 Å². The van der Waals surface area contributed by atoms with E-state index in [4.69, 9.17) is 11.6 Å². The second-order valence-corrected chi connectivity index (χ2v) is 6.50. The molecule has 0 saturated carbocycles. The fraction of sp³-hybridized carbons (Fsp3) is 0.211. The molecule has 1 amide bonds. The average molecular weight is 325 g/mol. The van der Waals surface area contributed by atoms with Crippen LogP contribution in [0.25, 0.3) is 10.9 Å².